The van der Waals surface area contributed by atoms with E-state index in [-0.39, 0.29) is 12.4 Å². The SMILES string of the molecule is CCOC(=C=O)CNSC.Cl. The van der Waals surface area contributed by atoms with Crippen LogP contribution in [0, 0.1) is 0 Å². The lowest BCUT2D eigenvalue weighted by molar-refractivity contribution is 0.228. The van der Waals surface area contributed by atoms with Gasteiger partial charge in [-0.1, -0.05) is 11.9 Å². The molecular formula is C6H12ClNO2S. The molecule has 0 amide bonds. The van der Waals surface area contributed by atoms with Gasteiger partial charge >= 0.3 is 0 Å². The highest BCUT2D eigenvalue weighted by molar-refractivity contribution is 7.96. The van der Waals surface area contributed by atoms with Gasteiger partial charge < -0.3 is 4.74 Å². The molecule has 3 nitrogen and oxygen atoms in total. The number of halogens is 1. The molecule has 0 rings (SSSR count). The molecule has 1 N–H and O–H groups in total. The third kappa shape index (κ3) is 7.75. The first-order chi connectivity index (χ1) is 4.85. The third-order valence-corrected chi connectivity index (χ3v) is 1.24. The molecule has 0 heterocycles. The van der Waals surface area contributed by atoms with E-state index in [0.29, 0.717) is 18.9 Å². The standard InChI is InChI=1S/C6H11NO2S.ClH/c1-3-9-6(5-8)4-7-10-2;/h7H,3-4H2,1-2H3;1H. The summed E-state index contributed by atoms with van der Waals surface area (Å²) in [5, 5.41) is 0. The van der Waals surface area contributed by atoms with Gasteiger partial charge in [0.2, 0.25) is 0 Å². The van der Waals surface area contributed by atoms with Crippen LogP contribution in [-0.2, 0) is 9.53 Å². The Hall–Kier alpha value is -0.150. The third-order valence-electron chi connectivity index (χ3n) is 0.809. The molecule has 0 unspecified atom stereocenters. The minimum absolute atomic E-state index is 0. The highest BCUT2D eigenvalue weighted by Gasteiger charge is 1.94. The van der Waals surface area contributed by atoms with E-state index < -0.39 is 0 Å². The van der Waals surface area contributed by atoms with E-state index in [1.165, 1.54) is 11.9 Å². The molecule has 0 aromatic rings. The summed E-state index contributed by atoms with van der Waals surface area (Å²) in [7, 11) is 0. The Morgan fingerprint density at radius 1 is 1.73 bits per heavy atom. The summed E-state index contributed by atoms with van der Waals surface area (Å²) >= 11 is 1.44. The zero-order valence-corrected chi connectivity index (χ0v) is 8.18. The summed E-state index contributed by atoms with van der Waals surface area (Å²) in [6, 6.07) is 0. The van der Waals surface area contributed by atoms with E-state index in [9.17, 15) is 4.79 Å². The minimum Gasteiger partial charge on any atom is -0.486 e. The van der Waals surface area contributed by atoms with Crippen LogP contribution in [0.4, 0.5) is 0 Å². The molecule has 0 aromatic carbocycles. The van der Waals surface area contributed by atoms with Crippen molar-refractivity contribution >= 4 is 30.3 Å². The average Bonchev–Trinajstić information content (AvgIpc) is 1.98. The number of nitrogens with one attached hydrogen (secondary N) is 1. The van der Waals surface area contributed by atoms with Crippen molar-refractivity contribution in [1.82, 2.24) is 4.72 Å². The van der Waals surface area contributed by atoms with Gasteiger partial charge in [-0.25, -0.2) is 4.79 Å². The largest absolute Gasteiger partial charge is 0.486 e. The molecule has 0 aliphatic carbocycles. The van der Waals surface area contributed by atoms with Crippen LogP contribution in [0.5, 0.6) is 0 Å². The Morgan fingerprint density at radius 2 is 2.36 bits per heavy atom. The Bertz CT molecular complexity index is 137. The predicted molar refractivity (Wildman–Crippen MR) is 49.6 cm³/mol. The second kappa shape index (κ2) is 9.85. The average molecular weight is 198 g/mol. The van der Waals surface area contributed by atoms with Crippen molar-refractivity contribution in [2.75, 3.05) is 19.4 Å². The van der Waals surface area contributed by atoms with E-state index in [1.54, 1.807) is 5.94 Å². The normalized spacial score (nSPS) is 7.82. The fourth-order valence-electron chi connectivity index (χ4n) is 0.429. The molecule has 0 aliphatic rings. The highest BCUT2D eigenvalue weighted by atomic mass is 35.5. The van der Waals surface area contributed by atoms with E-state index in [0.717, 1.165) is 0 Å². The van der Waals surface area contributed by atoms with Crippen molar-refractivity contribution in [3.05, 3.63) is 5.76 Å². The fourth-order valence-corrected chi connectivity index (χ4v) is 0.704. The van der Waals surface area contributed by atoms with Crippen LogP contribution in [0.2, 0.25) is 0 Å². The summed E-state index contributed by atoms with van der Waals surface area (Å²) in [4.78, 5) is 10.1. The van der Waals surface area contributed by atoms with Crippen LogP contribution < -0.4 is 4.72 Å². The molecule has 5 heteroatoms. The summed E-state index contributed by atoms with van der Waals surface area (Å²) < 4.78 is 7.79. The maximum Gasteiger partial charge on any atom is 0.194 e. The van der Waals surface area contributed by atoms with Crippen LogP contribution in [0.25, 0.3) is 0 Å². The van der Waals surface area contributed by atoms with Crippen molar-refractivity contribution in [1.29, 1.82) is 0 Å². The van der Waals surface area contributed by atoms with Crippen molar-refractivity contribution in [3.8, 4) is 0 Å². The van der Waals surface area contributed by atoms with E-state index in [4.69, 9.17) is 4.74 Å². The summed E-state index contributed by atoms with van der Waals surface area (Å²) in [6.45, 7) is 2.79. The molecule has 0 saturated carbocycles. The second-order valence-corrected chi connectivity index (χ2v) is 2.18. The quantitative estimate of drug-likeness (QED) is 0.406. The lowest BCUT2D eigenvalue weighted by Gasteiger charge is -2.02. The lowest BCUT2D eigenvalue weighted by Crippen LogP contribution is -2.10. The van der Waals surface area contributed by atoms with Crippen molar-refractivity contribution in [3.63, 3.8) is 0 Å². The van der Waals surface area contributed by atoms with Gasteiger partial charge in [-0.05, 0) is 13.2 Å². The van der Waals surface area contributed by atoms with Crippen LogP contribution in [0.3, 0.4) is 0 Å². The number of hydrogen-bond acceptors (Lipinski definition) is 4. The van der Waals surface area contributed by atoms with Crippen molar-refractivity contribution in [2.45, 2.75) is 6.92 Å². The number of rotatable bonds is 5. The number of ether oxygens (including phenoxy) is 1. The van der Waals surface area contributed by atoms with Gasteiger partial charge in [0.15, 0.2) is 11.7 Å². The summed E-state index contributed by atoms with van der Waals surface area (Å²) in [5.74, 6) is 2.04. The molecule has 11 heavy (non-hydrogen) atoms. The summed E-state index contributed by atoms with van der Waals surface area (Å²) in [6.07, 6.45) is 1.88. The second-order valence-electron chi connectivity index (χ2n) is 1.48. The summed E-state index contributed by atoms with van der Waals surface area (Å²) in [5.41, 5.74) is 0. The van der Waals surface area contributed by atoms with Gasteiger partial charge in [-0.15, -0.1) is 12.4 Å². The van der Waals surface area contributed by atoms with Crippen LogP contribution in [0.15, 0.2) is 5.76 Å². The topological polar surface area (TPSA) is 38.3 Å². The maximum absolute atomic E-state index is 10.1. The molecule has 0 radical (unpaired) electrons. The number of hydrogen-bond donors (Lipinski definition) is 1. The Morgan fingerprint density at radius 3 is 2.73 bits per heavy atom. The van der Waals surface area contributed by atoms with Gasteiger partial charge in [-0.3, -0.25) is 4.72 Å². The maximum atomic E-state index is 10.1. The lowest BCUT2D eigenvalue weighted by atomic mass is 10.6. The Kier molecular flexibility index (Phi) is 12.0. The zero-order valence-electron chi connectivity index (χ0n) is 6.55. The van der Waals surface area contributed by atoms with Gasteiger partial charge in [0.25, 0.3) is 0 Å². The van der Waals surface area contributed by atoms with Gasteiger partial charge in [-0.2, -0.15) is 0 Å². The Labute approximate surface area is 77.1 Å². The van der Waals surface area contributed by atoms with Crippen molar-refractivity contribution in [2.24, 2.45) is 0 Å². The van der Waals surface area contributed by atoms with E-state index in [1.807, 2.05) is 13.2 Å². The Balaban J connectivity index is 0. The minimum atomic E-state index is 0. The molecule has 0 fully saturated rings. The first kappa shape index (κ1) is 13.4. The van der Waals surface area contributed by atoms with Crippen molar-refractivity contribution < 1.29 is 9.53 Å². The number of carbonyl (C=O) groups excluding carboxylic acids is 1. The molecule has 0 spiro atoms. The monoisotopic (exact) mass is 197 g/mol. The highest BCUT2D eigenvalue weighted by Crippen LogP contribution is 1.91. The van der Waals surface area contributed by atoms with Gasteiger partial charge in [0, 0.05) is 0 Å². The molecule has 0 saturated heterocycles. The van der Waals surface area contributed by atoms with E-state index >= 15 is 0 Å². The molecule has 0 aliphatic heterocycles. The van der Waals surface area contributed by atoms with Crippen LogP contribution >= 0.6 is 24.4 Å². The first-order valence-electron chi connectivity index (χ1n) is 2.97. The van der Waals surface area contributed by atoms with Gasteiger partial charge in [0.05, 0.1) is 13.2 Å². The molecular weight excluding hydrogens is 186 g/mol. The molecule has 66 valence electrons. The molecule has 0 aromatic heterocycles. The van der Waals surface area contributed by atoms with Crippen LogP contribution in [0.1, 0.15) is 6.92 Å². The zero-order chi connectivity index (χ0) is 7.82. The first-order valence-corrected chi connectivity index (χ1v) is 4.20. The van der Waals surface area contributed by atoms with Gasteiger partial charge in [0.1, 0.15) is 0 Å². The molecule has 0 bridgehead atoms. The molecule has 0 atom stereocenters. The predicted octanol–water partition coefficient (Wildman–Crippen LogP) is 1.03. The van der Waals surface area contributed by atoms with Crippen LogP contribution in [-0.4, -0.2) is 25.3 Å². The fraction of sp³-hybridized carbons (Fsp3) is 0.667. The van der Waals surface area contributed by atoms with E-state index in [2.05, 4.69) is 4.72 Å². The smallest absolute Gasteiger partial charge is 0.194 e.